The molecule has 0 aromatic rings. The topological polar surface area (TPSA) is 21.3 Å². The summed E-state index contributed by atoms with van der Waals surface area (Å²) in [6.45, 7) is 2.19. The van der Waals surface area contributed by atoms with Crippen molar-refractivity contribution in [3.05, 3.63) is 0 Å². The summed E-state index contributed by atoms with van der Waals surface area (Å²) in [6.07, 6.45) is 10.1. The molecule has 2 aliphatic rings. The molecule has 1 saturated carbocycles. The molecule has 2 rings (SSSR count). The largest absolute Gasteiger partial charge is 0.378 e. The molecule has 14 heavy (non-hydrogen) atoms. The van der Waals surface area contributed by atoms with Crippen molar-refractivity contribution in [3.63, 3.8) is 0 Å². The highest BCUT2D eigenvalue weighted by atomic mass is 16.5. The van der Waals surface area contributed by atoms with Gasteiger partial charge >= 0.3 is 0 Å². The van der Waals surface area contributed by atoms with Gasteiger partial charge in [-0.25, -0.2) is 0 Å². The minimum Gasteiger partial charge on any atom is -0.378 e. The summed E-state index contributed by atoms with van der Waals surface area (Å²) in [5, 5.41) is 3.37. The maximum absolute atomic E-state index is 5.76. The summed E-state index contributed by atoms with van der Waals surface area (Å²) < 4.78 is 5.76. The summed E-state index contributed by atoms with van der Waals surface area (Å²) in [7, 11) is 2.08. The molecule has 1 heterocycles. The van der Waals surface area contributed by atoms with Gasteiger partial charge < -0.3 is 10.1 Å². The van der Waals surface area contributed by atoms with Crippen LogP contribution in [0.3, 0.4) is 0 Å². The fraction of sp³-hybridized carbons (Fsp3) is 1.00. The molecule has 2 fully saturated rings. The molecule has 1 atom stereocenters. The third kappa shape index (κ3) is 2.29. The Kier molecular flexibility index (Phi) is 3.45. The zero-order valence-corrected chi connectivity index (χ0v) is 9.35. The second kappa shape index (κ2) is 4.63. The Morgan fingerprint density at radius 1 is 1.29 bits per heavy atom. The van der Waals surface area contributed by atoms with Gasteiger partial charge in [-0.05, 0) is 44.6 Å². The highest BCUT2D eigenvalue weighted by molar-refractivity contribution is 4.89. The van der Waals surface area contributed by atoms with Crippen molar-refractivity contribution in [1.29, 1.82) is 0 Å². The van der Waals surface area contributed by atoms with E-state index in [1.54, 1.807) is 0 Å². The lowest BCUT2D eigenvalue weighted by atomic mass is 9.80. The number of rotatable bonds is 4. The summed E-state index contributed by atoms with van der Waals surface area (Å²) in [4.78, 5) is 0. The van der Waals surface area contributed by atoms with E-state index in [0.717, 1.165) is 6.61 Å². The first-order valence-corrected chi connectivity index (χ1v) is 6.11. The zero-order valence-electron chi connectivity index (χ0n) is 9.35. The van der Waals surface area contributed by atoms with Crippen molar-refractivity contribution >= 4 is 0 Å². The Labute approximate surface area is 87.4 Å². The van der Waals surface area contributed by atoms with Gasteiger partial charge in [-0.15, -0.1) is 0 Å². The molecule has 0 bridgehead atoms. The van der Waals surface area contributed by atoms with Crippen LogP contribution in [0.2, 0.25) is 0 Å². The van der Waals surface area contributed by atoms with Gasteiger partial charge in [0, 0.05) is 13.2 Å². The minimum absolute atomic E-state index is 0.571. The van der Waals surface area contributed by atoms with Crippen LogP contribution in [0.1, 0.15) is 44.9 Å². The van der Waals surface area contributed by atoms with Crippen LogP contribution < -0.4 is 5.32 Å². The van der Waals surface area contributed by atoms with Gasteiger partial charge in [0.1, 0.15) is 0 Å². The van der Waals surface area contributed by atoms with Crippen LogP contribution in [0, 0.1) is 5.41 Å². The normalized spacial score (nSPS) is 31.1. The highest BCUT2D eigenvalue weighted by Crippen LogP contribution is 2.43. The Morgan fingerprint density at radius 2 is 2.07 bits per heavy atom. The van der Waals surface area contributed by atoms with Gasteiger partial charge in [-0.3, -0.25) is 0 Å². The molecule has 0 aromatic heterocycles. The Morgan fingerprint density at radius 3 is 2.64 bits per heavy atom. The van der Waals surface area contributed by atoms with Gasteiger partial charge in [0.15, 0.2) is 0 Å². The number of ether oxygens (including phenoxy) is 1. The Hall–Kier alpha value is -0.0800. The van der Waals surface area contributed by atoms with Crippen LogP contribution in [-0.2, 0) is 4.74 Å². The quantitative estimate of drug-likeness (QED) is 0.747. The smallest absolute Gasteiger partial charge is 0.0581 e. The summed E-state index contributed by atoms with van der Waals surface area (Å²) >= 11 is 0. The van der Waals surface area contributed by atoms with Gasteiger partial charge in [-0.1, -0.05) is 12.8 Å². The van der Waals surface area contributed by atoms with Crippen molar-refractivity contribution in [2.24, 2.45) is 5.41 Å². The van der Waals surface area contributed by atoms with E-state index >= 15 is 0 Å². The predicted molar refractivity (Wildman–Crippen MR) is 58.4 cm³/mol. The first-order valence-electron chi connectivity index (χ1n) is 6.11. The average molecular weight is 197 g/mol. The van der Waals surface area contributed by atoms with E-state index in [4.69, 9.17) is 4.74 Å². The molecule has 1 saturated heterocycles. The maximum Gasteiger partial charge on any atom is 0.0581 e. The van der Waals surface area contributed by atoms with E-state index in [1.165, 1.54) is 51.5 Å². The molecule has 1 unspecified atom stereocenters. The molecule has 82 valence electrons. The van der Waals surface area contributed by atoms with Crippen molar-refractivity contribution in [3.8, 4) is 0 Å². The first-order chi connectivity index (χ1) is 6.85. The standard InChI is InChI=1S/C12H23NO/c1-13-10-12(6-2-3-7-12)9-11-5-4-8-14-11/h11,13H,2-10H2,1H3. The van der Waals surface area contributed by atoms with E-state index in [1.807, 2.05) is 0 Å². The highest BCUT2D eigenvalue weighted by Gasteiger charge is 2.36. The number of hydrogen-bond donors (Lipinski definition) is 1. The second-order valence-corrected chi connectivity index (χ2v) is 5.08. The summed E-state index contributed by atoms with van der Waals surface area (Å²) in [6, 6.07) is 0. The fourth-order valence-corrected chi connectivity index (χ4v) is 3.24. The SMILES string of the molecule is CNCC1(CC2CCCO2)CCCC1. The molecule has 2 heteroatoms. The molecular weight excluding hydrogens is 174 g/mol. The van der Waals surface area contributed by atoms with Crippen molar-refractivity contribution in [2.45, 2.75) is 51.0 Å². The number of hydrogen-bond acceptors (Lipinski definition) is 2. The molecule has 1 N–H and O–H groups in total. The monoisotopic (exact) mass is 197 g/mol. The fourth-order valence-electron chi connectivity index (χ4n) is 3.24. The third-order valence-electron chi connectivity index (χ3n) is 3.90. The van der Waals surface area contributed by atoms with Crippen LogP contribution in [0.5, 0.6) is 0 Å². The molecular formula is C12H23NO. The lowest BCUT2D eigenvalue weighted by Gasteiger charge is -2.31. The van der Waals surface area contributed by atoms with E-state index < -0.39 is 0 Å². The molecule has 2 nitrogen and oxygen atoms in total. The molecule has 0 radical (unpaired) electrons. The van der Waals surface area contributed by atoms with Gasteiger partial charge in [0.2, 0.25) is 0 Å². The van der Waals surface area contributed by atoms with Crippen LogP contribution in [-0.4, -0.2) is 26.3 Å². The Balaban J connectivity index is 1.89. The Bertz CT molecular complexity index is 169. The van der Waals surface area contributed by atoms with Crippen molar-refractivity contribution < 1.29 is 4.74 Å². The second-order valence-electron chi connectivity index (χ2n) is 5.08. The van der Waals surface area contributed by atoms with Gasteiger partial charge in [0.25, 0.3) is 0 Å². The van der Waals surface area contributed by atoms with E-state index in [0.29, 0.717) is 11.5 Å². The lowest BCUT2D eigenvalue weighted by molar-refractivity contribution is 0.0624. The minimum atomic E-state index is 0.571. The predicted octanol–water partition coefficient (Wildman–Crippen LogP) is 2.34. The van der Waals surface area contributed by atoms with Crippen LogP contribution >= 0.6 is 0 Å². The summed E-state index contributed by atoms with van der Waals surface area (Å²) in [5.41, 5.74) is 0.573. The zero-order chi connectivity index (χ0) is 9.86. The third-order valence-corrected chi connectivity index (χ3v) is 3.90. The molecule has 0 amide bonds. The van der Waals surface area contributed by atoms with Crippen LogP contribution in [0.15, 0.2) is 0 Å². The first kappa shape index (κ1) is 10.4. The van der Waals surface area contributed by atoms with Crippen molar-refractivity contribution in [2.75, 3.05) is 20.2 Å². The molecule has 0 aromatic carbocycles. The van der Waals surface area contributed by atoms with E-state index in [2.05, 4.69) is 12.4 Å². The van der Waals surface area contributed by atoms with Crippen molar-refractivity contribution in [1.82, 2.24) is 5.32 Å². The van der Waals surface area contributed by atoms with Gasteiger partial charge in [0.05, 0.1) is 6.10 Å². The van der Waals surface area contributed by atoms with E-state index in [9.17, 15) is 0 Å². The maximum atomic E-state index is 5.76. The molecule has 0 spiro atoms. The van der Waals surface area contributed by atoms with Crippen LogP contribution in [0.4, 0.5) is 0 Å². The summed E-state index contributed by atoms with van der Waals surface area (Å²) in [5.74, 6) is 0. The molecule has 1 aliphatic heterocycles. The lowest BCUT2D eigenvalue weighted by Crippen LogP contribution is -2.33. The van der Waals surface area contributed by atoms with Gasteiger partial charge in [-0.2, -0.15) is 0 Å². The average Bonchev–Trinajstić information content (AvgIpc) is 2.78. The molecule has 1 aliphatic carbocycles. The van der Waals surface area contributed by atoms with E-state index in [-0.39, 0.29) is 0 Å². The van der Waals surface area contributed by atoms with Crippen LogP contribution in [0.25, 0.3) is 0 Å². The number of nitrogens with one attached hydrogen (secondary N) is 1.